The van der Waals surface area contributed by atoms with Crippen LogP contribution in [0.2, 0.25) is 0 Å². The maximum absolute atomic E-state index is 13.7. The SMILES string of the molecule is COc1ccc(NC(N)=NCCCc2ccc(Br)cc2F)cc1.I. The van der Waals surface area contributed by atoms with Gasteiger partial charge in [0, 0.05) is 16.7 Å². The first-order chi connectivity index (χ1) is 11.1. The summed E-state index contributed by atoms with van der Waals surface area (Å²) in [5, 5.41) is 3.00. The molecule has 0 spiro atoms. The van der Waals surface area contributed by atoms with Gasteiger partial charge in [-0.25, -0.2) is 4.39 Å². The summed E-state index contributed by atoms with van der Waals surface area (Å²) in [6, 6.07) is 12.5. The summed E-state index contributed by atoms with van der Waals surface area (Å²) in [6.07, 6.45) is 1.35. The number of aliphatic imine (C=N–C) groups is 1. The average molecular weight is 508 g/mol. The lowest BCUT2D eigenvalue weighted by atomic mass is 10.1. The van der Waals surface area contributed by atoms with Gasteiger partial charge in [0.1, 0.15) is 11.6 Å². The van der Waals surface area contributed by atoms with Crippen molar-refractivity contribution in [2.75, 3.05) is 19.0 Å². The third kappa shape index (κ3) is 6.64. The van der Waals surface area contributed by atoms with Crippen molar-refractivity contribution in [1.29, 1.82) is 0 Å². The Kier molecular flexibility index (Phi) is 9.05. The molecule has 24 heavy (non-hydrogen) atoms. The lowest BCUT2D eigenvalue weighted by molar-refractivity contribution is 0.415. The smallest absolute Gasteiger partial charge is 0.193 e. The Morgan fingerprint density at radius 2 is 1.96 bits per heavy atom. The standard InChI is InChI=1S/C17H19BrFN3O.HI/c1-23-15-8-6-14(7-9-15)22-17(20)21-10-2-3-12-4-5-13(18)11-16(12)19;/h4-9,11H,2-3,10H2,1H3,(H3,20,21,22);1H. The van der Waals surface area contributed by atoms with Gasteiger partial charge in [0.25, 0.3) is 0 Å². The highest BCUT2D eigenvalue weighted by Gasteiger charge is 2.02. The van der Waals surface area contributed by atoms with E-state index in [0.29, 0.717) is 24.5 Å². The van der Waals surface area contributed by atoms with Crippen molar-refractivity contribution in [1.82, 2.24) is 0 Å². The maximum atomic E-state index is 13.7. The summed E-state index contributed by atoms with van der Waals surface area (Å²) in [6.45, 7) is 0.532. The van der Waals surface area contributed by atoms with Gasteiger partial charge < -0.3 is 15.8 Å². The Morgan fingerprint density at radius 1 is 1.25 bits per heavy atom. The molecule has 0 aliphatic heterocycles. The molecule has 0 aliphatic carbocycles. The Labute approximate surface area is 166 Å². The van der Waals surface area contributed by atoms with Crippen LogP contribution in [0.25, 0.3) is 0 Å². The molecule has 3 N–H and O–H groups in total. The lowest BCUT2D eigenvalue weighted by Gasteiger charge is -2.07. The highest BCUT2D eigenvalue weighted by molar-refractivity contribution is 14.0. The number of methoxy groups -OCH3 is 1. The number of halogens is 3. The Balaban J connectivity index is 0.00000288. The van der Waals surface area contributed by atoms with E-state index < -0.39 is 0 Å². The normalized spacial score (nSPS) is 10.9. The number of nitrogens with two attached hydrogens (primary N) is 1. The summed E-state index contributed by atoms with van der Waals surface area (Å²) in [7, 11) is 1.62. The highest BCUT2D eigenvalue weighted by Crippen LogP contribution is 2.17. The largest absolute Gasteiger partial charge is 0.497 e. The molecule has 0 atom stereocenters. The quantitative estimate of drug-likeness (QED) is 0.260. The van der Waals surface area contributed by atoms with Gasteiger partial charge in [-0.2, -0.15) is 0 Å². The molecule has 0 radical (unpaired) electrons. The third-order valence-corrected chi connectivity index (χ3v) is 3.76. The molecule has 2 rings (SSSR count). The Bertz CT molecular complexity index is 680. The zero-order chi connectivity index (χ0) is 16.7. The molecule has 0 saturated carbocycles. The monoisotopic (exact) mass is 507 g/mol. The lowest BCUT2D eigenvalue weighted by Crippen LogP contribution is -2.22. The predicted molar refractivity (Wildman–Crippen MR) is 111 cm³/mol. The molecule has 0 aromatic heterocycles. The van der Waals surface area contributed by atoms with E-state index in [0.717, 1.165) is 22.3 Å². The van der Waals surface area contributed by atoms with Crippen LogP contribution in [0.4, 0.5) is 10.1 Å². The van der Waals surface area contributed by atoms with Crippen molar-refractivity contribution in [2.24, 2.45) is 10.7 Å². The Hall–Kier alpha value is -1.35. The molecule has 0 saturated heterocycles. The zero-order valence-electron chi connectivity index (χ0n) is 13.3. The number of ether oxygens (including phenoxy) is 1. The minimum atomic E-state index is -0.201. The van der Waals surface area contributed by atoms with Crippen LogP contribution in [-0.2, 0) is 6.42 Å². The van der Waals surface area contributed by atoms with Crippen molar-refractivity contribution in [3.8, 4) is 5.75 Å². The van der Waals surface area contributed by atoms with Crippen LogP contribution in [-0.4, -0.2) is 19.6 Å². The highest BCUT2D eigenvalue weighted by atomic mass is 127. The fourth-order valence-corrected chi connectivity index (χ4v) is 2.39. The maximum Gasteiger partial charge on any atom is 0.193 e. The van der Waals surface area contributed by atoms with Crippen LogP contribution in [0.15, 0.2) is 51.9 Å². The fourth-order valence-electron chi connectivity index (χ4n) is 2.06. The number of benzene rings is 2. The van der Waals surface area contributed by atoms with Crippen LogP contribution in [0.5, 0.6) is 5.75 Å². The molecule has 0 aliphatic rings. The first-order valence-electron chi connectivity index (χ1n) is 7.23. The van der Waals surface area contributed by atoms with E-state index in [2.05, 4.69) is 26.2 Å². The minimum absolute atomic E-state index is 0. The van der Waals surface area contributed by atoms with Gasteiger partial charge in [0.05, 0.1) is 7.11 Å². The molecular weight excluding hydrogens is 488 g/mol. The molecule has 0 bridgehead atoms. The van der Waals surface area contributed by atoms with E-state index in [1.807, 2.05) is 30.3 Å². The van der Waals surface area contributed by atoms with Gasteiger partial charge >= 0.3 is 0 Å². The van der Waals surface area contributed by atoms with Gasteiger partial charge in [-0.15, -0.1) is 24.0 Å². The second-order valence-electron chi connectivity index (χ2n) is 4.96. The molecular formula is C17H20BrFIN3O. The zero-order valence-corrected chi connectivity index (χ0v) is 17.2. The number of hydrogen-bond donors (Lipinski definition) is 2. The minimum Gasteiger partial charge on any atom is -0.497 e. The van der Waals surface area contributed by atoms with E-state index in [1.165, 1.54) is 6.07 Å². The van der Waals surface area contributed by atoms with E-state index in [-0.39, 0.29) is 29.8 Å². The Morgan fingerprint density at radius 3 is 2.58 bits per heavy atom. The second kappa shape index (κ2) is 10.5. The second-order valence-corrected chi connectivity index (χ2v) is 5.88. The number of aryl methyl sites for hydroxylation is 1. The van der Waals surface area contributed by atoms with Crippen LogP contribution in [0.1, 0.15) is 12.0 Å². The number of guanidine groups is 1. The molecule has 2 aromatic rings. The van der Waals surface area contributed by atoms with Gasteiger partial charge in [-0.05, 0) is 54.8 Å². The number of nitrogens with zero attached hydrogens (tertiary/aromatic N) is 1. The number of rotatable bonds is 6. The van der Waals surface area contributed by atoms with E-state index in [9.17, 15) is 4.39 Å². The molecule has 0 unspecified atom stereocenters. The van der Waals surface area contributed by atoms with Crippen molar-refractivity contribution in [3.63, 3.8) is 0 Å². The molecule has 7 heteroatoms. The van der Waals surface area contributed by atoms with Gasteiger partial charge in [0.2, 0.25) is 0 Å². The first kappa shape index (κ1) is 20.7. The number of nitrogens with one attached hydrogen (secondary N) is 1. The summed E-state index contributed by atoms with van der Waals surface area (Å²) in [4.78, 5) is 4.24. The van der Waals surface area contributed by atoms with E-state index >= 15 is 0 Å². The van der Waals surface area contributed by atoms with Crippen LogP contribution in [0, 0.1) is 5.82 Å². The van der Waals surface area contributed by atoms with Gasteiger partial charge in [-0.1, -0.05) is 22.0 Å². The van der Waals surface area contributed by atoms with E-state index in [4.69, 9.17) is 10.5 Å². The first-order valence-corrected chi connectivity index (χ1v) is 8.02. The molecule has 0 heterocycles. The van der Waals surface area contributed by atoms with Crippen molar-refractivity contribution in [2.45, 2.75) is 12.8 Å². The van der Waals surface area contributed by atoms with E-state index in [1.54, 1.807) is 13.2 Å². The van der Waals surface area contributed by atoms with Crippen LogP contribution >= 0.6 is 39.9 Å². The molecule has 2 aromatic carbocycles. The average Bonchev–Trinajstić information content (AvgIpc) is 2.54. The summed E-state index contributed by atoms with van der Waals surface area (Å²) in [5.74, 6) is 0.918. The number of hydrogen-bond acceptors (Lipinski definition) is 2. The van der Waals surface area contributed by atoms with Crippen molar-refractivity contribution < 1.29 is 9.13 Å². The molecule has 130 valence electrons. The summed E-state index contributed by atoms with van der Waals surface area (Å²) < 4.78 is 19.5. The summed E-state index contributed by atoms with van der Waals surface area (Å²) in [5.41, 5.74) is 7.36. The summed E-state index contributed by atoms with van der Waals surface area (Å²) >= 11 is 3.24. The van der Waals surface area contributed by atoms with Gasteiger partial charge in [0.15, 0.2) is 5.96 Å². The fraction of sp³-hybridized carbons (Fsp3) is 0.235. The van der Waals surface area contributed by atoms with Crippen molar-refractivity contribution in [3.05, 3.63) is 58.3 Å². The molecule has 0 fully saturated rings. The third-order valence-electron chi connectivity index (χ3n) is 3.26. The van der Waals surface area contributed by atoms with Crippen molar-refractivity contribution >= 4 is 51.6 Å². The topological polar surface area (TPSA) is 59.6 Å². The predicted octanol–water partition coefficient (Wildman–Crippen LogP) is 4.57. The molecule has 0 amide bonds. The van der Waals surface area contributed by atoms with Gasteiger partial charge in [-0.3, -0.25) is 4.99 Å². The van der Waals surface area contributed by atoms with Crippen LogP contribution < -0.4 is 15.8 Å². The van der Waals surface area contributed by atoms with Crippen LogP contribution in [0.3, 0.4) is 0 Å². The number of anilines is 1. The molecule has 4 nitrogen and oxygen atoms in total.